The summed E-state index contributed by atoms with van der Waals surface area (Å²) in [4.78, 5) is 26.6. The van der Waals surface area contributed by atoms with Crippen LogP contribution in [0.3, 0.4) is 0 Å². The number of rotatable bonds is 3. The molecule has 1 aliphatic heterocycles. The average molecular weight is 317 g/mol. The predicted molar refractivity (Wildman–Crippen MR) is 72.7 cm³/mol. The molecule has 1 aliphatic rings. The van der Waals surface area contributed by atoms with E-state index in [1.54, 1.807) is 0 Å². The third-order valence-electron chi connectivity index (χ3n) is 2.64. The molecule has 0 saturated heterocycles. The lowest BCUT2D eigenvalue weighted by Gasteiger charge is -2.14. The van der Waals surface area contributed by atoms with Gasteiger partial charge in [-0.2, -0.15) is 18.2 Å². The molecule has 0 spiro atoms. The first-order valence-corrected chi connectivity index (χ1v) is 6.66. The molecule has 1 aromatic carbocycles. The lowest BCUT2D eigenvalue weighted by atomic mass is 10.1. The number of nitrogens with zero attached hydrogens (tertiary/aromatic N) is 1. The molecule has 0 aromatic heterocycles. The van der Waals surface area contributed by atoms with E-state index in [4.69, 9.17) is 5.73 Å². The van der Waals surface area contributed by atoms with Crippen molar-refractivity contribution in [2.24, 2.45) is 10.7 Å². The van der Waals surface area contributed by atoms with Gasteiger partial charge in [0.2, 0.25) is 5.91 Å². The van der Waals surface area contributed by atoms with E-state index in [0.29, 0.717) is 0 Å². The van der Waals surface area contributed by atoms with Crippen LogP contribution in [0.25, 0.3) is 0 Å². The Morgan fingerprint density at radius 3 is 2.62 bits per heavy atom. The van der Waals surface area contributed by atoms with Crippen molar-refractivity contribution in [1.29, 1.82) is 0 Å². The molecule has 3 N–H and O–H groups in total. The van der Waals surface area contributed by atoms with E-state index in [1.807, 2.05) is 0 Å². The number of halogens is 3. The molecule has 1 atom stereocenters. The number of hydrogen-bond acceptors (Lipinski definition) is 4. The molecule has 0 bridgehead atoms. The number of amidine groups is 1. The minimum Gasteiger partial charge on any atom is -0.378 e. The maximum absolute atomic E-state index is 12.8. The third-order valence-corrected chi connectivity index (χ3v) is 3.62. The van der Waals surface area contributed by atoms with Crippen LogP contribution in [0, 0.1) is 0 Å². The van der Waals surface area contributed by atoms with E-state index < -0.39 is 28.8 Å². The highest BCUT2D eigenvalue weighted by atomic mass is 32.2. The fourth-order valence-corrected chi connectivity index (χ4v) is 2.56. The Bertz CT molecular complexity index is 616. The van der Waals surface area contributed by atoms with Crippen molar-refractivity contribution in [1.82, 2.24) is 0 Å². The van der Waals surface area contributed by atoms with Gasteiger partial charge in [0.25, 0.3) is 5.91 Å². The van der Waals surface area contributed by atoms with Crippen LogP contribution in [-0.4, -0.2) is 22.2 Å². The predicted octanol–water partition coefficient (Wildman–Crippen LogP) is 1.99. The minimum atomic E-state index is -4.57. The number of anilines is 1. The van der Waals surface area contributed by atoms with Gasteiger partial charge in [0.1, 0.15) is 5.25 Å². The van der Waals surface area contributed by atoms with Crippen molar-refractivity contribution in [2.75, 3.05) is 5.32 Å². The first-order valence-electron chi connectivity index (χ1n) is 5.78. The van der Waals surface area contributed by atoms with Crippen LogP contribution < -0.4 is 11.1 Å². The number of para-hydroxylation sites is 1. The molecule has 21 heavy (non-hydrogen) atoms. The van der Waals surface area contributed by atoms with E-state index in [9.17, 15) is 22.8 Å². The molecule has 0 aliphatic carbocycles. The fourth-order valence-electron chi connectivity index (χ4n) is 1.74. The molecule has 9 heteroatoms. The molecule has 5 nitrogen and oxygen atoms in total. The summed E-state index contributed by atoms with van der Waals surface area (Å²) >= 11 is 0.917. The van der Waals surface area contributed by atoms with E-state index in [-0.39, 0.29) is 17.3 Å². The van der Waals surface area contributed by atoms with E-state index >= 15 is 0 Å². The number of carbonyl (C=O) groups is 2. The van der Waals surface area contributed by atoms with Crippen LogP contribution >= 0.6 is 11.8 Å². The van der Waals surface area contributed by atoms with Crippen LogP contribution in [0.15, 0.2) is 29.3 Å². The summed E-state index contributed by atoms with van der Waals surface area (Å²) in [6.45, 7) is 0. The smallest absolute Gasteiger partial charge is 0.378 e. The molecule has 112 valence electrons. The molecule has 2 amide bonds. The molecular formula is C12H10F3N3O2S. The van der Waals surface area contributed by atoms with Gasteiger partial charge in [-0.1, -0.05) is 23.9 Å². The van der Waals surface area contributed by atoms with Crippen molar-refractivity contribution in [3.63, 3.8) is 0 Å². The van der Waals surface area contributed by atoms with Gasteiger partial charge in [-0.3, -0.25) is 9.59 Å². The number of benzene rings is 1. The molecule has 0 radical (unpaired) electrons. The summed E-state index contributed by atoms with van der Waals surface area (Å²) in [5.74, 6) is -1.26. The number of hydrogen-bond donors (Lipinski definition) is 2. The maximum atomic E-state index is 12.8. The SMILES string of the molecule is NC1=NC(=O)[C@H](CC(=O)Nc2ccccc2C(F)(F)F)S1. The standard InChI is InChI=1S/C12H10F3N3O2S/c13-12(14,15)6-3-1-2-4-7(6)17-9(19)5-8-10(20)18-11(16)21-8/h1-4,8H,5H2,(H,17,19)(H2,16,18,20)/t8-/m0/s1. The number of carbonyl (C=O) groups excluding carboxylic acids is 2. The summed E-state index contributed by atoms with van der Waals surface area (Å²) in [5, 5.41) is 1.42. The zero-order valence-corrected chi connectivity index (χ0v) is 11.3. The Morgan fingerprint density at radius 2 is 2.05 bits per heavy atom. The second kappa shape index (κ2) is 5.76. The quantitative estimate of drug-likeness (QED) is 0.893. The number of thioether (sulfide) groups is 1. The van der Waals surface area contributed by atoms with Gasteiger partial charge in [0.05, 0.1) is 11.3 Å². The largest absolute Gasteiger partial charge is 0.418 e. The van der Waals surface area contributed by atoms with Gasteiger partial charge in [0, 0.05) is 6.42 Å². The van der Waals surface area contributed by atoms with Gasteiger partial charge in [-0.15, -0.1) is 0 Å². The summed E-state index contributed by atoms with van der Waals surface area (Å²) in [6.07, 6.45) is -4.87. The highest BCUT2D eigenvalue weighted by molar-refractivity contribution is 8.15. The maximum Gasteiger partial charge on any atom is 0.418 e. The topological polar surface area (TPSA) is 84.5 Å². The Balaban J connectivity index is 2.06. The van der Waals surface area contributed by atoms with Gasteiger partial charge in [0.15, 0.2) is 5.17 Å². The molecule has 2 rings (SSSR count). The Morgan fingerprint density at radius 1 is 1.38 bits per heavy atom. The number of alkyl halides is 3. The summed E-state index contributed by atoms with van der Waals surface area (Å²) < 4.78 is 38.3. The highest BCUT2D eigenvalue weighted by Crippen LogP contribution is 2.34. The minimum absolute atomic E-state index is 0.0495. The highest BCUT2D eigenvalue weighted by Gasteiger charge is 2.34. The van der Waals surface area contributed by atoms with Crippen LogP contribution in [0.1, 0.15) is 12.0 Å². The van der Waals surface area contributed by atoms with Crippen molar-refractivity contribution >= 4 is 34.4 Å². The van der Waals surface area contributed by atoms with Gasteiger partial charge < -0.3 is 11.1 Å². The Kier molecular flexibility index (Phi) is 4.21. The van der Waals surface area contributed by atoms with Crippen LogP contribution in [0.4, 0.5) is 18.9 Å². The first-order chi connectivity index (χ1) is 9.77. The normalized spacial score (nSPS) is 18.5. The molecule has 0 fully saturated rings. The molecule has 1 aromatic rings. The Hall–Kier alpha value is -2.03. The van der Waals surface area contributed by atoms with Crippen molar-refractivity contribution in [3.05, 3.63) is 29.8 Å². The second-order valence-corrected chi connectivity index (χ2v) is 5.41. The third kappa shape index (κ3) is 3.75. The number of amides is 2. The number of nitrogens with one attached hydrogen (secondary N) is 1. The van der Waals surface area contributed by atoms with E-state index in [2.05, 4.69) is 10.3 Å². The Labute approximate surface area is 121 Å². The lowest BCUT2D eigenvalue weighted by Crippen LogP contribution is -2.23. The van der Waals surface area contributed by atoms with Crippen molar-refractivity contribution in [2.45, 2.75) is 17.8 Å². The van der Waals surface area contributed by atoms with Crippen molar-refractivity contribution < 1.29 is 22.8 Å². The fraction of sp³-hybridized carbons (Fsp3) is 0.250. The van der Waals surface area contributed by atoms with Gasteiger partial charge in [-0.25, -0.2) is 0 Å². The first kappa shape index (κ1) is 15.4. The number of aliphatic imine (C=N–C) groups is 1. The molecular weight excluding hydrogens is 307 g/mol. The van der Waals surface area contributed by atoms with Crippen LogP contribution in [0.5, 0.6) is 0 Å². The number of nitrogens with two attached hydrogens (primary N) is 1. The van der Waals surface area contributed by atoms with E-state index in [1.165, 1.54) is 12.1 Å². The molecule has 0 saturated carbocycles. The molecule has 0 unspecified atom stereocenters. The summed E-state index contributed by atoms with van der Waals surface area (Å²) in [6, 6.07) is 4.62. The van der Waals surface area contributed by atoms with Gasteiger partial charge >= 0.3 is 6.18 Å². The van der Waals surface area contributed by atoms with E-state index in [0.717, 1.165) is 23.9 Å². The van der Waals surface area contributed by atoms with Crippen molar-refractivity contribution in [3.8, 4) is 0 Å². The summed E-state index contributed by atoms with van der Waals surface area (Å²) in [7, 11) is 0. The molecule has 1 heterocycles. The lowest BCUT2D eigenvalue weighted by molar-refractivity contribution is -0.137. The van der Waals surface area contributed by atoms with Crippen LogP contribution in [-0.2, 0) is 15.8 Å². The zero-order valence-electron chi connectivity index (χ0n) is 10.5. The second-order valence-electron chi connectivity index (χ2n) is 4.19. The van der Waals surface area contributed by atoms with Crippen LogP contribution in [0.2, 0.25) is 0 Å². The average Bonchev–Trinajstić information content (AvgIpc) is 2.67. The monoisotopic (exact) mass is 317 g/mol. The van der Waals surface area contributed by atoms with Gasteiger partial charge in [-0.05, 0) is 12.1 Å². The summed E-state index contributed by atoms with van der Waals surface area (Å²) in [5.41, 5.74) is 4.04. The zero-order chi connectivity index (χ0) is 15.6.